The first-order chi connectivity index (χ1) is 17.0. The molecule has 0 aliphatic carbocycles. The standard InChI is InChI=1S/C17H18N6O7S6/c18-15-19-8(6-33-15)3-9(24)20-10-12(25)23-11(14(26)27)7(4-32-13(10)23)5-34-17-22-21-16(35-17)31-1-2-36(28,29)30/h6,10,13H,1-5H2,(H2,18,19)(H,20,24)(H,26,27)(H,28,29,30)/t10?,13-/m0/s1. The number of hydrogen-bond acceptors (Lipinski definition) is 14. The van der Waals surface area contributed by atoms with Crippen LogP contribution in [-0.2, 0) is 30.9 Å². The van der Waals surface area contributed by atoms with Crippen LogP contribution in [0.4, 0.5) is 5.13 Å². The fourth-order valence-corrected chi connectivity index (χ4v) is 9.25. The van der Waals surface area contributed by atoms with Gasteiger partial charge in [-0.3, -0.25) is 19.0 Å². The zero-order chi connectivity index (χ0) is 26.0. The number of nitrogen functional groups attached to an aromatic ring is 1. The number of fused-ring (bicyclic) bond motifs is 1. The molecule has 13 nitrogen and oxygen atoms in total. The first-order valence-electron chi connectivity index (χ1n) is 9.95. The van der Waals surface area contributed by atoms with Crippen molar-refractivity contribution in [3.8, 4) is 0 Å². The third-order valence-corrected chi connectivity index (χ3v) is 11.1. The van der Waals surface area contributed by atoms with Gasteiger partial charge in [-0.1, -0.05) is 34.9 Å². The summed E-state index contributed by atoms with van der Waals surface area (Å²) in [5.74, 6) is -1.79. The number of nitrogens with zero attached hydrogens (tertiary/aromatic N) is 4. The second-order valence-electron chi connectivity index (χ2n) is 7.32. The lowest BCUT2D eigenvalue weighted by molar-refractivity contribution is -0.150. The van der Waals surface area contributed by atoms with E-state index in [0.29, 0.717) is 30.8 Å². The maximum atomic E-state index is 12.8. The van der Waals surface area contributed by atoms with Gasteiger partial charge in [0.2, 0.25) is 5.91 Å². The Bertz CT molecular complexity index is 1320. The van der Waals surface area contributed by atoms with E-state index in [1.165, 1.54) is 51.1 Å². The molecule has 2 aliphatic heterocycles. The first-order valence-corrected chi connectivity index (χ1v) is 16.3. The van der Waals surface area contributed by atoms with Crippen LogP contribution < -0.4 is 11.1 Å². The third-order valence-electron chi connectivity index (χ3n) is 4.80. The Balaban J connectivity index is 1.35. The minimum atomic E-state index is -4.06. The minimum absolute atomic E-state index is 0.0314. The van der Waals surface area contributed by atoms with Crippen LogP contribution in [0.25, 0.3) is 0 Å². The van der Waals surface area contributed by atoms with Gasteiger partial charge in [0.15, 0.2) is 13.8 Å². The maximum Gasteiger partial charge on any atom is 0.352 e. The molecule has 19 heteroatoms. The number of anilines is 1. The summed E-state index contributed by atoms with van der Waals surface area (Å²) >= 11 is 6.19. The topological polar surface area (TPSA) is 206 Å². The van der Waals surface area contributed by atoms with Gasteiger partial charge in [-0.2, -0.15) is 8.42 Å². The van der Waals surface area contributed by atoms with E-state index in [-0.39, 0.29) is 23.6 Å². The van der Waals surface area contributed by atoms with E-state index >= 15 is 0 Å². The molecule has 0 bridgehead atoms. The Morgan fingerprint density at radius 2 is 2.00 bits per heavy atom. The molecule has 2 atom stereocenters. The third kappa shape index (κ3) is 6.50. The number of aromatic nitrogens is 3. The molecule has 4 rings (SSSR count). The number of carboxylic acid groups (broad SMARTS) is 1. The molecular formula is C17H18N6O7S6. The van der Waals surface area contributed by atoms with Gasteiger partial charge in [-0.05, 0) is 5.57 Å². The van der Waals surface area contributed by atoms with Crippen LogP contribution in [0, 0.1) is 0 Å². The number of carbonyl (C=O) groups excluding carboxylic acids is 2. The summed E-state index contributed by atoms with van der Waals surface area (Å²) in [5, 5.41) is 21.9. The highest BCUT2D eigenvalue weighted by atomic mass is 32.2. The summed E-state index contributed by atoms with van der Waals surface area (Å²) in [7, 11) is -4.06. The highest BCUT2D eigenvalue weighted by Crippen LogP contribution is 2.42. The van der Waals surface area contributed by atoms with E-state index in [9.17, 15) is 27.9 Å². The van der Waals surface area contributed by atoms with Crippen LogP contribution in [0.3, 0.4) is 0 Å². The molecule has 0 spiro atoms. The van der Waals surface area contributed by atoms with Gasteiger partial charge in [0.05, 0.1) is 17.9 Å². The van der Waals surface area contributed by atoms with Crippen molar-refractivity contribution in [3.05, 3.63) is 22.3 Å². The van der Waals surface area contributed by atoms with Gasteiger partial charge in [-0.15, -0.1) is 33.3 Å². The summed E-state index contributed by atoms with van der Waals surface area (Å²) in [4.78, 5) is 42.4. The molecule has 1 unspecified atom stereocenters. The summed E-state index contributed by atoms with van der Waals surface area (Å²) in [6, 6.07) is -0.826. The van der Waals surface area contributed by atoms with Gasteiger partial charge in [0.1, 0.15) is 17.1 Å². The summed E-state index contributed by atoms with van der Waals surface area (Å²) in [6.45, 7) is 0. The first kappa shape index (κ1) is 27.1. The molecule has 0 radical (unpaired) electrons. The van der Waals surface area contributed by atoms with Crippen LogP contribution in [0.1, 0.15) is 5.69 Å². The zero-order valence-electron chi connectivity index (χ0n) is 18.0. The van der Waals surface area contributed by atoms with Crippen LogP contribution >= 0.6 is 58.0 Å². The fourth-order valence-electron chi connectivity index (χ4n) is 3.28. The van der Waals surface area contributed by atoms with E-state index in [1.807, 2.05) is 0 Å². The van der Waals surface area contributed by atoms with Crippen LogP contribution in [-0.4, -0.2) is 90.4 Å². The molecule has 1 saturated heterocycles. The molecule has 4 heterocycles. The number of carbonyl (C=O) groups is 3. The number of aliphatic carboxylic acids is 1. The van der Waals surface area contributed by atoms with E-state index in [2.05, 4.69) is 20.5 Å². The highest BCUT2D eigenvalue weighted by Gasteiger charge is 2.54. The lowest BCUT2D eigenvalue weighted by Gasteiger charge is -2.49. The molecule has 2 aliphatic rings. The van der Waals surface area contributed by atoms with Crippen molar-refractivity contribution in [2.45, 2.75) is 26.5 Å². The van der Waals surface area contributed by atoms with Crippen LogP contribution in [0.5, 0.6) is 0 Å². The summed E-state index contributed by atoms with van der Waals surface area (Å²) in [5.41, 5.74) is 6.51. The molecule has 5 N–H and O–H groups in total. The second-order valence-corrected chi connectivity index (χ2v) is 14.4. The van der Waals surface area contributed by atoms with Gasteiger partial charge in [0, 0.05) is 22.6 Å². The Labute approximate surface area is 225 Å². The Hall–Kier alpha value is -1.90. The number of amides is 2. The number of carboxylic acids is 1. The lowest BCUT2D eigenvalue weighted by Crippen LogP contribution is -2.70. The number of rotatable bonds is 11. The van der Waals surface area contributed by atoms with Gasteiger partial charge in [-0.25, -0.2) is 9.78 Å². The van der Waals surface area contributed by atoms with Crippen molar-refractivity contribution in [2.75, 3.05) is 28.7 Å². The van der Waals surface area contributed by atoms with Crippen molar-refractivity contribution in [3.63, 3.8) is 0 Å². The smallest absolute Gasteiger partial charge is 0.352 e. The number of nitrogens with one attached hydrogen (secondary N) is 1. The zero-order valence-corrected chi connectivity index (χ0v) is 22.9. The van der Waals surface area contributed by atoms with Crippen LogP contribution in [0.15, 0.2) is 25.3 Å². The molecule has 36 heavy (non-hydrogen) atoms. The van der Waals surface area contributed by atoms with E-state index < -0.39 is 45.1 Å². The number of β-lactam (4-membered cyclic amide) rings is 1. The average Bonchev–Trinajstić information content (AvgIpc) is 3.42. The molecule has 0 aromatic carbocycles. The average molecular weight is 611 g/mol. The quantitative estimate of drug-likeness (QED) is 0.156. The van der Waals surface area contributed by atoms with Crippen molar-refractivity contribution >= 4 is 91.0 Å². The Morgan fingerprint density at radius 3 is 2.64 bits per heavy atom. The lowest BCUT2D eigenvalue weighted by atomic mass is 10.0. The minimum Gasteiger partial charge on any atom is -0.477 e. The van der Waals surface area contributed by atoms with Crippen molar-refractivity contribution < 1.29 is 32.5 Å². The van der Waals surface area contributed by atoms with Gasteiger partial charge < -0.3 is 16.2 Å². The van der Waals surface area contributed by atoms with Gasteiger partial charge in [0.25, 0.3) is 16.0 Å². The maximum absolute atomic E-state index is 12.8. The van der Waals surface area contributed by atoms with Gasteiger partial charge >= 0.3 is 5.97 Å². The molecule has 1 fully saturated rings. The molecule has 194 valence electrons. The van der Waals surface area contributed by atoms with E-state index in [1.54, 1.807) is 5.38 Å². The SMILES string of the molecule is Nc1nc(CC(=O)NC2C(=O)N3C(C(=O)O)=C(CSc4nnc(SCCS(=O)(=O)O)s4)CS[C@@H]23)cs1. The van der Waals surface area contributed by atoms with Crippen molar-refractivity contribution in [1.29, 1.82) is 0 Å². The fraction of sp³-hybridized carbons (Fsp3) is 0.412. The summed E-state index contributed by atoms with van der Waals surface area (Å²) < 4.78 is 31.5. The molecular weight excluding hydrogens is 593 g/mol. The Kier molecular flexibility index (Phi) is 8.47. The van der Waals surface area contributed by atoms with E-state index in [0.717, 1.165) is 11.8 Å². The summed E-state index contributed by atoms with van der Waals surface area (Å²) in [6.07, 6.45) is -0.0314. The van der Waals surface area contributed by atoms with Crippen LogP contribution in [0.2, 0.25) is 0 Å². The van der Waals surface area contributed by atoms with Crippen molar-refractivity contribution in [1.82, 2.24) is 25.4 Å². The molecule has 0 saturated carbocycles. The number of hydrogen-bond donors (Lipinski definition) is 4. The monoisotopic (exact) mass is 610 g/mol. The predicted molar refractivity (Wildman–Crippen MR) is 138 cm³/mol. The Morgan fingerprint density at radius 1 is 1.28 bits per heavy atom. The number of thiazole rings is 1. The largest absolute Gasteiger partial charge is 0.477 e. The van der Waals surface area contributed by atoms with Crippen molar-refractivity contribution in [2.24, 2.45) is 0 Å². The molecule has 2 aromatic heterocycles. The molecule has 2 aromatic rings. The predicted octanol–water partition coefficient (Wildman–Crippen LogP) is 0.630. The normalized spacial score (nSPS) is 19.7. The number of thioether (sulfide) groups is 3. The number of nitrogens with two attached hydrogens (primary N) is 1. The van der Waals surface area contributed by atoms with E-state index in [4.69, 9.17) is 10.3 Å². The molecule has 2 amide bonds. The second kappa shape index (κ2) is 11.2. The highest BCUT2D eigenvalue weighted by molar-refractivity contribution is 8.04.